The third-order valence-corrected chi connectivity index (χ3v) is 5.04. The third kappa shape index (κ3) is 6.51. The van der Waals surface area contributed by atoms with Gasteiger partial charge in [-0.15, -0.1) is 0 Å². The first kappa shape index (κ1) is 20.6. The van der Waals surface area contributed by atoms with Crippen LogP contribution in [0.15, 0.2) is 48.5 Å². The van der Waals surface area contributed by atoms with Crippen molar-refractivity contribution in [3.8, 4) is 0 Å². The van der Waals surface area contributed by atoms with Gasteiger partial charge in [0, 0.05) is 38.4 Å². The van der Waals surface area contributed by atoms with E-state index in [2.05, 4.69) is 15.1 Å². The van der Waals surface area contributed by atoms with Gasteiger partial charge in [0.25, 0.3) is 0 Å². The summed E-state index contributed by atoms with van der Waals surface area (Å²) in [6.45, 7) is 5.79. The van der Waals surface area contributed by atoms with Crippen LogP contribution in [0.1, 0.15) is 12.0 Å². The van der Waals surface area contributed by atoms with Crippen LogP contribution in [0.4, 0.5) is 14.5 Å². The zero-order valence-electron chi connectivity index (χ0n) is 15.7. The zero-order valence-corrected chi connectivity index (χ0v) is 16.6. The summed E-state index contributed by atoms with van der Waals surface area (Å²) < 4.78 is 31.7. The second kappa shape index (κ2) is 10.5. The molecule has 0 saturated carbocycles. The van der Waals surface area contributed by atoms with Gasteiger partial charge in [-0.3, -0.25) is 4.90 Å². The fraction of sp³-hybridized carbons (Fsp3) is 0.381. The largest absolute Gasteiger partial charge is 0.379 e. The Morgan fingerprint density at radius 1 is 1.00 bits per heavy atom. The molecule has 150 valence electrons. The Labute approximate surface area is 170 Å². The van der Waals surface area contributed by atoms with E-state index in [1.54, 1.807) is 24.3 Å². The number of anilines is 1. The molecule has 2 aromatic rings. The fourth-order valence-electron chi connectivity index (χ4n) is 3.11. The van der Waals surface area contributed by atoms with Crippen LogP contribution in [-0.4, -0.2) is 54.3 Å². The monoisotopic (exact) mass is 405 g/mol. The lowest BCUT2D eigenvalue weighted by molar-refractivity contribution is 0.0368. The fourth-order valence-corrected chi connectivity index (χ4v) is 3.38. The molecule has 1 fully saturated rings. The van der Waals surface area contributed by atoms with E-state index >= 15 is 0 Å². The standard InChI is InChI=1S/C21H25F2N3OS/c22-18-4-2-17(3-5-18)16-26(11-1-10-25-12-14-27-15-13-25)21(28)24-20-8-6-19(23)7-9-20/h2-9H,1,10-16H2,(H,24,28). The summed E-state index contributed by atoms with van der Waals surface area (Å²) in [5, 5.41) is 3.74. The van der Waals surface area contributed by atoms with Gasteiger partial charge in [-0.2, -0.15) is 0 Å². The molecule has 0 aliphatic carbocycles. The summed E-state index contributed by atoms with van der Waals surface area (Å²) in [4.78, 5) is 4.45. The minimum Gasteiger partial charge on any atom is -0.379 e. The first-order valence-corrected chi connectivity index (χ1v) is 9.87. The highest BCUT2D eigenvalue weighted by atomic mass is 32.1. The molecule has 1 saturated heterocycles. The molecule has 1 aliphatic heterocycles. The normalized spacial score (nSPS) is 14.6. The number of hydrogen-bond acceptors (Lipinski definition) is 3. The second-order valence-electron chi connectivity index (χ2n) is 6.79. The van der Waals surface area contributed by atoms with Gasteiger partial charge in [-0.1, -0.05) is 12.1 Å². The number of nitrogens with zero attached hydrogens (tertiary/aromatic N) is 2. The summed E-state index contributed by atoms with van der Waals surface area (Å²) in [6, 6.07) is 12.6. The molecule has 0 spiro atoms. The van der Waals surface area contributed by atoms with E-state index in [1.165, 1.54) is 24.3 Å². The highest BCUT2D eigenvalue weighted by Gasteiger charge is 2.14. The van der Waals surface area contributed by atoms with E-state index < -0.39 is 0 Å². The van der Waals surface area contributed by atoms with E-state index in [0.29, 0.717) is 11.7 Å². The van der Waals surface area contributed by atoms with Gasteiger partial charge in [0.1, 0.15) is 11.6 Å². The molecule has 3 rings (SSSR count). The van der Waals surface area contributed by atoms with Crippen LogP contribution in [0.2, 0.25) is 0 Å². The van der Waals surface area contributed by atoms with E-state index in [-0.39, 0.29) is 11.6 Å². The number of benzene rings is 2. The Morgan fingerprint density at radius 3 is 2.25 bits per heavy atom. The van der Waals surface area contributed by atoms with Crippen LogP contribution < -0.4 is 5.32 Å². The third-order valence-electron chi connectivity index (χ3n) is 4.68. The predicted molar refractivity (Wildman–Crippen MR) is 111 cm³/mol. The summed E-state index contributed by atoms with van der Waals surface area (Å²) >= 11 is 5.60. The molecule has 1 heterocycles. The number of halogens is 2. The molecule has 0 radical (unpaired) electrons. The lowest BCUT2D eigenvalue weighted by atomic mass is 10.2. The minimum absolute atomic E-state index is 0.255. The van der Waals surface area contributed by atoms with Crippen molar-refractivity contribution in [2.75, 3.05) is 44.7 Å². The molecule has 2 aromatic carbocycles. The smallest absolute Gasteiger partial charge is 0.173 e. The van der Waals surface area contributed by atoms with Crippen molar-refractivity contribution >= 4 is 23.0 Å². The molecule has 0 bridgehead atoms. The summed E-state index contributed by atoms with van der Waals surface area (Å²) in [6.07, 6.45) is 0.951. The summed E-state index contributed by atoms with van der Waals surface area (Å²) in [5.74, 6) is -0.542. The molecule has 1 aliphatic rings. The molecule has 7 heteroatoms. The maximum Gasteiger partial charge on any atom is 0.173 e. The van der Waals surface area contributed by atoms with Crippen molar-refractivity contribution in [2.45, 2.75) is 13.0 Å². The molecule has 0 aromatic heterocycles. The average molecular weight is 406 g/mol. The van der Waals surface area contributed by atoms with Gasteiger partial charge >= 0.3 is 0 Å². The number of hydrogen-bond donors (Lipinski definition) is 1. The maximum absolute atomic E-state index is 13.2. The van der Waals surface area contributed by atoms with E-state index in [9.17, 15) is 8.78 Å². The Morgan fingerprint density at radius 2 is 1.61 bits per heavy atom. The highest BCUT2D eigenvalue weighted by molar-refractivity contribution is 7.80. The first-order valence-electron chi connectivity index (χ1n) is 9.46. The maximum atomic E-state index is 13.2. The molecule has 0 amide bonds. The Balaban J connectivity index is 1.61. The predicted octanol–water partition coefficient (Wildman–Crippen LogP) is 3.89. The SMILES string of the molecule is Fc1ccc(CN(CCCN2CCOCC2)C(=S)Nc2ccc(F)cc2)cc1. The van der Waals surface area contributed by atoms with Crippen LogP contribution in [0, 0.1) is 11.6 Å². The zero-order chi connectivity index (χ0) is 19.8. The van der Waals surface area contributed by atoms with Crippen LogP contribution in [0.3, 0.4) is 0 Å². The van der Waals surface area contributed by atoms with Gasteiger partial charge in [0.15, 0.2) is 5.11 Å². The number of ether oxygens (including phenoxy) is 1. The van der Waals surface area contributed by atoms with Crippen LogP contribution >= 0.6 is 12.2 Å². The van der Waals surface area contributed by atoms with Crippen LogP contribution in [-0.2, 0) is 11.3 Å². The second-order valence-corrected chi connectivity index (χ2v) is 7.18. The van der Waals surface area contributed by atoms with Crippen molar-refractivity contribution in [1.29, 1.82) is 0 Å². The molecular formula is C21H25F2N3OS. The lowest BCUT2D eigenvalue weighted by Gasteiger charge is -2.29. The molecule has 1 N–H and O–H groups in total. The molecular weight excluding hydrogens is 380 g/mol. The average Bonchev–Trinajstić information content (AvgIpc) is 2.71. The molecule has 4 nitrogen and oxygen atoms in total. The molecule has 0 unspecified atom stereocenters. The van der Waals surface area contributed by atoms with Crippen molar-refractivity contribution in [1.82, 2.24) is 9.80 Å². The Kier molecular flexibility index (Phi) is 7.71. The van der Waals surface area contributed by atoms with Crippen LogP contribution in [0.25, 0.3) is 0 Å². The van der Waals surface area contributed by atoms with E-state index in [1.807, 2.05) is 0 Å². The van der Waals surface area contributed by atoms with Crippen molar-refractivity contribution in [3.05, 3.63) is 65.7 Å². The Bertz CT molecular complexity index is 749. The number of rotatable bonds is 7. The molecule has 0 atom stereocenters. The van der Waals surface area contributed by atoms with Crippen molar-refractivity contribution < 1.29 is 13.5 Å². The van der Waals surface area contributed by atoms with Gasteiger partial charge in [-0.25, -0.2) is 8.78 Å². The topological polar surface area (TPSA) is 27.7 Å². The van der Waals surface area contributed by atoms with Crippen molar-refractivity contribution in [3.63, 3.8) is 0 Å². The first-order chi connectivity index (χ1) is 13.6. The van der Waals surface area contributed by atoms with E-state index in [0.717, 1.165) is 57.1 Å². The van der Waals surface area contributed by atoms with Crippen LogP contribution in [0.5, 0.6) is 0 Å². The minimum atomic E-state index is -0.287. The summed E-state index contributed by atoms with van der Waals surface area (Å²) in [7, 11) is 0. The lowest BCUT2D eigenvalue weighted by Crippen LogP contribution is -2.40. The summed E-state index contributed by atoms with van der Waals surface area (Å²) in [5.41, 5.74) is 1.72. The van der Waals surface area contributed by atoms with Crippen molar-refractivity contribution in [2.24, 2.45) is 0 Å². The van der Waals surface area contributed by atoms with Gasteiger partial charge < -0.3 is 15.0 Å². The quantitative estimate of drug-likeness (QED) is 0.706. The van der Waals surface area contributed by atoms with Gasteiger partial charge in [0.2, 0.25) is 0 Å². The van der Waals surface area contributed by atoms with Gasteiger partial charge in [-0.05, 0) is 60.6 Å². The number of morpholine rings is 1. The van der Waals surface area contributed by atoms with E-state index in [4.69, 9.17) is 17.0 Å². The number of thiocarbonyl (C=S) groups is 1. The number of nitrogens with one attached hydrogen (secondary N) is 1. The molecule has 28 heavy (non-hydrogen) atoms. The Hall–Kier alpha value is -2.09. The van der Waals surface area contributed by atoms with Gasteiger partial charge in [0.05, 0.1) is 13.2 Å². The highest BCUT2D eigenvalue weighted by Crippen LogP contribution is 2.13.